The van der Waals surface area contributed by atoms with E-state index in [2.05, 4.69) is 53.0 Å². The molecule has 0 saturated carbocycles. The summed E-state index contributed by atoms with van der Waals surface area (Å²) in [6, 6.07) is 14.4. The van der Waals surface area contributed by atoms with Crippen LogP contribution in [0.4, 0.5) is 5.69 Å². The number of nitrogens with zero attached hydrogens (tertiary/aromatic N) is 4. The second kappa shape index (κ2) is 9.51. The van der Waals surface area contributed by atoms with Crippen LogP contribution in [0.15, 0.2) is 48.7 Å². The predicted molar refractivity (Wildman–Crippen MR) is 110 cm³/mol. The van der Waals surface area contributed by atoms with Gasteiger partial charge in [-0.05, 0) is 24.1 Å². The van der Waals surface area contributed by atoms with Gasteiger partial charge in [0.2, 0.25) is 0 Å². The van der Waals surface area contributed by atoms with Gasteiger partial charge in [0.25, 0.3) is 5.91 Å². The highest BCUT2D eigenvalue weighted by Crippen LogP contribution is 2.16. The molecule has 1 aliphatic heterocycles. The number of amides is 1. The van der Waals surface area contributed by atoms with Crippen LogP contribution in [0.5, 0.6) is 0 Å². The summed E-state index contributed by atoms with van der Waals surface area (Å²) in [5.41, 5.74) is 2.93. The Morgan fingerprint density at radius 3 is 2.56 bits per heavy atom. The summed E-state index contributed by atoms with van der Waals surface area (Å²) in [5, 5.41) is 0. The van der Waals surface area contributed by atoms with Gasteiger partial charge in [-0.3, -0.25) is 14.7 Å². The van der Waals surface area contributed by atoms with Gasteiger partial charge >= 0.3 is 0 Å². The first-order valence-electron chi connectivity index (χ1n) is 9.90. The molecule has 1 fully saturated rings. The molecule has 0 bridgehead atoms. The quantitative estimate of drug-likeness (QED) is 0.754. The van der Waals surface area contributed by atoms with Crippen LogP contribution in [0.1, 0.15) is 35.8 Å². The van der Waals surface area contributed by atoms with Gasteiger partial charge in [-0.15, -0.1) is 0 Å². The largest absolute Gasteiger partial charge is 0.374 e. The molecule has 1 amide bonds. The van der Waals surface area contributed by atoms with Crippen LogP contribution in [0.25, 0.3) is 0 Å². The summed E-state index contributed by atoms with van der Waals surface area (Å²) in [4.78, 5) is 23.7. The lowest BCUT2D eigenvalue weighted by atomic mass is 10.2. The molecule has 5 nitrogen and oxygen atoms in total. The summed E-state index contributed by atoms with van der Waals surface area (Å²) >= 11 is 0. The number of piperazine rings is 1. The number of aromatic nitrogens is 1. The molecule has 0 unspecified atom stereocenters. The number of hydrogen-bond donors (Lipinski definition) is 0. The van der Waals surface area contributed by atoms with Crippen LogP contribution < -0.4 is 4.90 Å². The van der Waals surface area contributed by atoms with E-state index in [1.54, 1.807) is 6.20 Å². The molecular formula is C22H30N4O. The topological polar surface area (TPSA) is 39.7 Å². The van der Waals surface area contributed by atoms with Crippen molar-refractivity contribution in [3.63, 3.8) is 0 Å². The number of anilines is 1. The van der Waals surface area contributed by atoms with Crippen molar-refractivity contribution in [2.24, 2.45) is 0 Å². The molecule has 2 heterocycles. The fourth-order valence-corrected chi connectivity index (χ4v) is 3.41. The lowest BCUT2D eigenvalue weighted by molar-refractivity contribution is 0.0623. The van der Waals surface area contributed by atoms with E-state index in [0.29, 0.717) is 5.69 Å². The van der Waals surface area contributed by atoms with Gasteiger partial charge in [0.1, 0.15) is 5.69 Å². The molecule has 5 heteroatoms. The van der Waals surface area contributed by atoms with Crippen molar-refractivity contribution in [3.8, 4) is 0 Å². The number of unbranched alkanes of at least 4 members (excludes halogenated alkanes) is 1. The molecule has 0 N–H and O–H groups in total. The Morgan fingerprint density at radius 1 is 1.11 bits per heavy atom. The summed E-state index contributed by atoms with van der Waals surface area (Å²) in [6.45, 7) is 7.43. The van der Waals surface area contributed by atoms with Crippen molar-refractivity contribution in [1.29, 1.82) is 0 Å². The Morgan fingerprint density at radius 2 is 1.85 bits per heavy atom. The smallest absolute Gasteiger partial charge is 0.272 e. The van der Waals surface area contributed by atoms with E-state index < -0.39 is 0 Å². The van der Waals surface area contributed by atoms with Gasteiger partial charge in [-0.1, -0.05) is 43.7 Å². The first-order chi connectivity index (χ1) is 13.2. The molecule has 1 aromatic heterocycles. The fraction of sp³-hybridized carbons (Fsp3) is 0.455. The molecule has 1 saturated heterocycles. The molecule has 2 aromatic rings. The van der Waals surface area contributed by atoms with Gasteiger partial charge in [-0.2, -0.15) is 0 Å². The van der Waals surface area contributed by atoms with E-state index in [-0.39, 0.29) is 5.91 Å². The van der Waals surface area contributed by atoms with Crippen LogP contribution in [0.3, 0.4) is 0 Å². The van der Waals surface area contributed by atoms with E-state index >= 15 is 0 Å². The van der Waals surface area contributed by atoms with Crippen LogP contribution in [-0.4, -0.2) is 60.5 Å². The molecule has 144 valence electrons. The number of pyridine rings is 1. The van der Waals surface area contributed by atoms with Gasteiger partial charge in [0.15, 0.2) is 0 Å². The van der Waals surface area contributed by atoms with Gasteiger partial charge < -0.3 is 9.80 Å². The van der Waals surface area contributed by atoms with Gasteiger partial charge in [0, 0.05) is 58.2 Å². The summed E-state index contributed by atoms with van der Waals surface area (Å²) in [7, 11) is 2.07. The molecule has 3 rings (SSSR count). The zero-order valence-electron chi connectivity index (χ0n) is 16.5. The molecule has 0 aliphatic carbocycles. The van der Waals surface area contributed by atoms with E-state index in [0.717, 1.165) is 57.8 Å². The second-order valence-electron chi connectivity index (χ2n) is 7.23. The summed E-state index contributed by atoms with van der Waals surface area (Å²) in [5.74, 6) is 0.0418. The number of rotatable bonds is 7. The molecular weight excluding hydrogens is 336 g/mol. The zero-order chi connectivity index (χ0) is 19.1. The van der Waals surface area contributed by atoms with Crippen molar-refractivity contribution in [1.82, 2.24) is 14.8 Å². The number of benzene rings is 1. The third kappa shape index (κ3) is 5.30. The highest BCUT2D eigenvalue weighted by Gasteiger charge is 2.23. The average molecular weight is 367 g/mol. The molecule has 1 aliphatic rings. The number of hydrogen-bond acceptors (Lipinski definition) is 4. The SMILES string of the molecule is CCCCN(C)c1ccnc(C(=O)N2CCN(Cc3ccccc3)CC2)c1. The van der Waals surface area contributed by atoms with Crippen LogP contribution in [-0.2, 0) is 6.54 Å². The second-order valence-corrected chi connectivity index (χ2v) is 7.23. The maximum absolute atomic E-state index is 12.9. The van der Waals surface area contributed by atoms with E-state index in [4.69, 9.17) is 0 Å². The van der Waals surface area contributed by atoms with Crippen LogP contribution in [0, 0.1) is 0 Å². The first kappa shape index (κ1) is 19.4. The maximum atomic E-state index is 12.9. The van der Waals surface area contributed by atoms with E-state index in [1.165, 1.54) is 5.56 Å². The minimum absolute atomic E-state index is 0.0418. The number of carbonyl (C=O) groups is 1. The minimum atomic E-state index is 0.0418. The normalized spacial score (nSPS) is 15.0. The standard InChI is InChI=1S/C22H30N4O/c1-3-4-12-24(2)20-10-11-23-21(17-20)22(27)26-15-13-25(14-16-26)18-19-8-6-5-7-9-19/h5-11,17H,3-4,12-16,18H2,1-2H3. The molecule has 0 spiro atoms. The van der Waals surface area contributed by atoms with Crippen molar-refractivity contribution >= 4 is 11.6 Å². The lowest BCUT2D eigenvalue weighted by Crippen LogP contribution is -2.48. The van der Waals surface area contributed by atoms with Crippen molar-refractivity contribution in [2.75, 3.05) is 44.7 Å². The van der Waals surface area contributed by atoms with Gasteiger partial charge in [0.05, 0.1) is 0 Å². The van der Waals surface area contributed by atoms with Crippen molar-refractivity contribution in [3.05, 3.63) is 59.9 Å². The Balaban J connectivity index is 1.56. The highest BCUT2D eigenvalue weighted by molar-refractivity contribution is 5.93. The predicted octanol–water partition coefficient (Wildman–Crippen LogP) is 3.28. The first-order valence-corrected chi connectivity index (χ1v) is 9.90. The lowest BCUT2D eigenvalue weighted by Gasteiger charge is -2.34. The molecule has 27 heavy (non-hydrogen) atoms. The Bertz CT molecular complexity index is 726. The average Bonchev–Trinajstić information content (AvgIpc) is 2.73. The number of carbonyl (C=O) groups excluding carboxylic acids is 1. The zero-order valence-corrected chi connectivity index (χ0v) is 16.5. The van der Waals surface area contributed by atoms with Crippen molar-refractivity contribution in [2.45, 2.75) is 26.3 Å². The third-order valence-corrected chi connectivity index (χ3v) is 5.16. The van der Waals surface area contributed by atoms with Gasteiger partial charge in [-0.25, -0.2) is 0 Å². The Hall–Kier alpha value is -2.40. The third-order valence-electron chi connectivity index (χ3n) is 5.16. The molecule has 1 aromatic carbocycles. The monoisotopic (exact) mass is 366 g/mol. The fourth-order valence-electron chi connectivity index (χ4n) is 3.41. The maximum Gasteiger partial charge on any atom is 0.272 e. The van der Waals surface area contributed by atoms with E-state index in [9.17, 15) is 4.79 Å². The van der Waals surface area contributed by atoms with Crippen molar-refractivity contribution < 1.29 is 4.79 Å². The summed E-state index contributed by atoms with van der Waals surface area (Å²) < 4.78 is 0. The minimum Gasteiger partial charge on any atom is -0.374 e. The van der Waals surface area contributed by atoms with Crippen LogP contribution in [0.2, 0.25) is 0 Å². The highest BCUT2D eigenvalue weighted by atomic mass is 16.2. The summed E-state index contributed by atoms with van der Waals surface area (Å²) in [6.07, 6.45) is 4.05. The van der Waals surface area contributed by atoms with E-state index in [1.807, 2.05) is 23.1 Å². The van der Waals surface area contributed by atoms with Crippen LogP contribution >= 0.6 is 0 Å². The Labute approximate surface area is 162 Å². The molecule has 0 radical (unpaired) electrons. The Kier molecular flexibility index (Phi) is 6.82. The molecule has 0 atom stereocenters.